The molecule has 0 aliphatic rings. The summed E-state index contributed by atoms with van der Waals surface area (Å²) < 4.78 is 4.91. The molecule has 0 amide bonds. The number of carbonyl (C=O) groups is 1. The maximum atomic E-state index is 12.0. The molecule has 2 nitrogen and oxygen atoms in total. The van der Waals surface area contributed by atoms with Gasteiger partial charge in [-0.25, -0.2) is 4.79 Å². The van der Waals surface area contributed by atoms with E-state index in [1.54, 1.807) is 6.07 Å². The van der Waals surface area contributed by atoms with Crippen LogP contribution < -0.4 is 0 Å². The molecule has 3 rings (SSSR count). The largest absolute Gasteiger partial charge is 0.465 e. The van der Waals surface area contributed by atoms with Crippen molar-refractivity contribution in [3.05, 3.63) is 84.4 Å². The van der Waals surface area contributed by atoms with Gasteiger partial charge in [-0.15, -0.1) is 0 Å². The predicted molar refractivity (Wildman–Crippen MR) is 99.0 cm³/mol. The highest BCUT2D eigenvalue weighted by Gasteiger charge is 2.15. The number of hydrogen-bond donors (Lipinski definition) is 0. The Hall–Kier alpha value is -2.52. The van der Waals surface area contributed by atoms with E-state index in [2.05, 4.69) is 18.2 Å². The molecule has 0 aliphatic carbocycles. The summed E-state index contributed by atoms with van der Waals surface area (Å²) in [5.41, 5.74) is 4.70. The van der Waals surface area contributed by atoms with E-state index in [4.69, 9.17) is 4.74 Å². The second-order valence-corrected chi connectivity index (χ2v) is 4.95. The van der Waals surface area contributed by atoms with Crippen LogP contribution in [0.3, 0.4) is 0 Å². The summed E-state index contributed by atoms with van der Waals surface area (Å²) in [6.45, 7) is 0. The van der Waals surface area contributed by atoms with E-state index in [-0.39, 0.29) is 19.5 Å². The van der Waals surface area contributed by atoms with Gasteiger partial charge in [0.15, 0.2) is 0 Å². The van der Waals surface area contributed by atoms with Gasteiger partial charge in [0.2, 0.25) is 0 Å². The van der Waals surface area contributed by atoms with E-state index < -0.39 is 0 Å². The van der Waals surface area contributed by atoms with Crippen LogP contribution in [0, 0.1) is 0 Å². The fourth-order valence-corrected chi connectivity index (χ4v) is 2.59. The van der Waals surface area contributed by atoms with Crippen molar-refractivity contribution >= 4 is 19.5 Å². The van der Waals surface area contributed by atoms with Gasteiger partial charge in [-0.2, -0.15) is 13.5 Å². The zero-order valence-corrected chi connectivity index (χ0v) is 13.8. The maximum Gasteiger partial charge on any atom is 0.338 e. The van der Waals surface area contributed by atoms with E-state index in [0.717, 1.165) is 22.3 Å². The summed E-state index contributed by atoms with van der Waals surface area (Å²) in [5, 5.41) is 0. The van der Waals surface area contributed by atoms with Gasteiger partial charge in [0.25, 0.3) is 0 Å². The maximum absolute atomic E-state index is 12.0. The Kier molecular flexibility index (Phi) is 5.61. The van der Waals surface area contributed by atoms with Crippen LogP contribution in [0.4, 0.5) is 0 Å². The Morgan fingerprint density at radius 1 is 0.696 bits per heavy atom. The standard InChI is InChI=1S/C20H16O2.H2S/c1-22-20(21)19-14-8-7-13-18(19)17-12-6-5-11-16(17)15-9-3-2-4-10-15;/h2-14H,1H3;1H2. The Morgan fingerprint density at radius 2 is 1.22 bits per heavy atom. The molecule has 3 heteroatoms. The number of hydrogen-bond acceptors (Lipinski definition) is 2. The third-order valence-electron chi connectivity index (χ3n) is 3.63. The number of carbonyl (C=O) groups excluding carboxylic acids is 1. The van der Waals surface area contributed by atoms with E-state index in [9.17, 15) is 4.79 Å². The van der Waals surface area contributed by atoms with E-state index in [1.807, 2.05) is 54.6 Å². The minimum absolute atomic E-state index is 0. The Morgan fingerprint density at radius 3 is 1.87 bits per heavy atom. The molecule has 3 aromatic rings. The molecule has 0 saturated heterocycles. The molecule has 0 radical (unpaired) electrons. The summed E-state index contributed by atoms with van der Waals surface area (Å²) in [5.74, 6) is -0.321. The first-order valence-corrected chi connectivity index (χ1v) is 7.13. The van der Waals surface area contributed by atoms with Gasteiger partial charge in [-0.1, -0.05) is 72.8 Å². The van der Waals surface area contributed by atoms with Crippen LogP contribution in [0.5, 0.6) is 0 Å². The summed E-state index contributed by atoms with van der Waals surface area (Å²) in [6.07, 6.45) is 0. The van der Waals surface area contributed by atoms with Crippen LogP contribution in [0.25, 0.3) is 22.3 Å². The van der Waals surface area contributed by atoms with E-state index >= 15 is 0 Å². The average molecular weight is 322 g/mol. The first kappa shape index (κ1) is 16.8. The van der Waals surface area contributed by atoms with Gasteiger partial charge in [0, 0.05) is 0 Å². The van der Waals surface area contributed by atoms with Crippen molar-refractivity contribution in [1.82, 2.24) is 0 Å². The number of methoxy groups -OCH3 is 1. The lowest BCUT2D eigenvalue weighted by molar-refractivity contribution is 0.0601. The lowest BCUT2D eigenvalue weighted by Gasteiger charge is -2.13. The van der Waals surface area contributed by atoms with Crippen LogP contribution in [0.2, 0.25) is 0 Å². The van der Waals surface area contributed by atoms with Gasteiger partial charge in [-0.05, 0) is 28.3 Å². The van der Waals surface area contributed by atoms with Gasteiger partial charge in [0.05, 0.1) is 12.7 Å². The number of esters is 1. The Bertz CT molecular complexity index is 798. The molecule has 0 fully saturated rings. The zero-order chi connectivity index (χ0) is 15.4. The fourth-order valence-electron chi connectivity index (χ4n) is 2.59. The second-order valence-electron chi connectivity index (χ2n) is 4.95. The third kappa shape index (κ3) is 3.46. The van der Waals surface area contributed by atoms with Crippen LogP contribution in [-0.4, -0.2) is 13.1 Å². The monoisotopic (exact) mass is 322 g/mol. The highest BCUT2D eigenvalue weighted by atomic mass is 32.1. The van der Waals surface area contributed by atoms with Crippen molar-refractivity contribution in [2.75, 3.05) is 7.11 Å². The number of ether oxygens (including phenoxy) is 1. The molecule has 3 aromatic carbocycles. The molecule has 116 valence electrons. The van der Waals surface area contributed by atoms with Crippen LogP contribution in [0.15, 0.2) is 78.9 Å². The molecule has 23 heavy (non-hydrogen) atoms. The Balaban J connectivity index is 0.00000192. The lowest BCUT2D eigenvalue weighted by atomic mass is 9.92. The molecule has 0 aromatic heterocycles. The predicted octanol–water partition coefficient (Wildman–Crippen LogP) is 4.92. The summed E-state index contributed by atoms with van der Waals surface area (Å²) in [7, 11) is 1.40. The normalized spacial score (nSPS) is 9.78. The third-order valence-corrected chi connectivity index (χ3v) is 3.63. The van der Waals surface area contributed by atoms with Crippen molar-refractivity contribution in [3.8, 4) is 22.3 Å². The van der Waals surface area contributed by atoms with Gasteiger partial charge >= 0.3 is 5.97 Å². The zero-order valence-electron chi connectivity index (χ0n) is 12.8. The first-order chi connectivity index (χ1) is 10.8. The lowest BCUT2D eigenvalue weighted by Crippen LogP contribution is -2.03. The van der Waals surface area contributed by atoms with Crippen LogP contribution in [-0.2, 0) is 4.74 Å². The molecule has 0 spiro atoms. The SMILES string of the molecule is COC(=O)c1ccccc1-c1ccccc1-c1ccccc1.S. The van der Waals surface area contributed by atoms with E-state index in [1.165, 1.54) is 7.11 Å². The minimum Gasteiger partial charge on any atom is -0.465 e. The van der Waals surface area contributed by atoms with Crippen LogP contribution >= 0.6 is 13.5 Å². The highest BCUT2D eigenvalue weighted by molar-refractivity contribution is 7.59. The molecular formula is C20H18O2S. The molecule has 0 atom stereocenters. The van der Waals surface area contributed by atoms with Gasteiger partial charge < -0.3 is 4.74 Å². The van der Waals surface area contributed by atoms with Crippen molar-refractivity contribution in [2.45, 2.75) is 0 Å². The summed E-state index contributed by atoms with van der Waals surface area (Å²) in [4.78, 5) is 12.0. The van der Waals surface area contributed by atoms with E-state index in [0.29, 0.717) is 5.56 Å². The highest BCUT2D eigenvalue weighted by Crippen LogP contribution is 2.33. The topological polar surface area (TPSA) is 26.3 Å². The molecule has 0 N–H and O–H groups in total. The fraction of sp³-hybridized carbons (Fsp3) is 0.0500. The second kappa shape index (κ2) is 7.65. The molecule has 0 heterocycles. The van der Waals surface area contributed by atoms with Gasteiger partial charge in [-0.3, -0.25) is 0 Å². The molecular weight excluding hydrogens is 304 g/mol. The first-order valence-electron chi connectivity index (χ1n) is 7.13. The van der Waals surface area contributed by atoms with Crippen molar-refractivity contribution in [2.24, 2.45) is 0 Å². The van der Waals surface area contributed by atoms with Crippen molar-refractivity contribution in [1.29, 1.82) is 0 Å². The number of rotatable bonds is 3. The minimum atomic E-state index is -0.321. The van der Waals surface area contributed by atoms with Crippen molar-refractivity contribution in [3.63, 3.8) is 0 Å². The quantitative estimate of drug-likeness (QED) is 0.640. The van der Waals surface area contributed by atoms with Crippen molar-refractivity contribution < 1.29 is 9.53 Å². The Labute approximate surface area is 143 Å². The molecule has 0 bridgehead atoms. The smallest absolute Gasteiger partial charge is 0.338 e. The molecule has 0 unspecified atom stereocenters. The summed E-state index contributed by atoms with van der Waals surface area (Å²) in [6, 6.07) is 25.8. The molecule has 0 saturated carbocycles. The van der Waals surface area contributed by atoms with Crippen LogP contribution in [0.1, 0.15) is 10.4 Å². The average Bonchev–Trinajstić information content (AvgIpc) is 2.62. The number of benzene rings is 3. The summed E-state index contributed by atoms with van der Waals surface area (Å²) >= 11 is 0. The molecule has 0 aliphatic heterocycles. The van der Waals surface area contributed by atoms with Gasteiger partial charge in [0.1, 0.15) is 0 Å².